The number of hydrogen-bond acceptors (Lipinski definition) is 4. The molecule has 0 amide bonds. The molecule has 1 fully saturated rings. The maximum atomic E-state index is 11.4. The van der Waals surface area contributed by atoms with Crippen LogP contribution < -0.4 is 4.90 Å². The van der Waals surface area contributed by atoms with Gasteiger partial charge in [0.1, 0.15) is 11.7 Å². The van der Waals surface area contributed by atoms with Crippen LogP contribution >= 0.6 is 15.9 Å². The predicted octanol–water partition coefficient (Wildman–Crippen LogP) is 3.19. The van der Waals surface area contributed by atoms with Gasteiger partial charge >= 0.3 is 5.97 Å². The molecule has 1 N–H and O–H groups in total. The van der Waals surface area contributed by atoms with Gasteiger partial charge in [0.05, 0.1) is 4.92 Å². The van der Waals surface area contributed by atoms with E-state index in [4.69, 9.17) is 0 Å². The van der Waals surface area contributed by atoms with Crippen LogP contribution in [0.2, 0.25) is 0 Å². The van der Waals surface area contributed by atoms with Gasteiger partial charge in [0.2, 0.25) is 0 Å². The minimum absolute atomic E-state index is 0.0543. The average Bonchev–Trinajstić information content (AvgIpc) is 2.63. The Morgan fingerprint density at radius 1 is 1.40 bits per heavy atom. The van der Waals surface area contributed by atoms with Gasteiger partial charge in [-0.25, -0.2) is 4.79 Å². The van der Waals surface area contributed by atoms with E-state index in [1.54, 1.807) is 17.0 Å². The molecule has 7 heteroatoms. The fourth-order valence-corrected chi connectivity index (χ4v) is 2.88. The molecule has 1 heterocycles. The van der Waals surface area contributed by atoms with Crippen LogP contribution in [0, 0.1) is 10.1 Å². The molecule has 6 nitrogen and oxygen atoms in total. The van der Waals surface area contributed by atoms with Crippen LogP contribution in [0.15, 0.2) is 22.7 Å². The highest BCUT2D eigenvalue weighted by molar-refractivity contribution is 9.10. The van der Waals surface area contributed by atoms with Crippen molar-refractivity contribution in [3.05, 3.63) is 32.8 Å². The largest absolute Gasteiger partial charge is 0.480 e. The highest BCUT2D eigenvalue weighted by Crippen LogP contribution is 2.34. The molecule has 0 bridgehead atoms. The summed E-state index contributed by atoms with van der Waals surface area (Å²) in [6.07, 6.45) is 3.13. The summed E-state index contributed by atoms with van der Waals surface area (Å²) in [4.78, 5) is 23.8. The highest BCUT2D eigenvalue weighted by atomic mass is 79.9. The van der Waals surface area contributed by atoms with E-state index >= 15 is 0 Å². The molecule has 2 rings (SSSR count). The smallest absolute Gasteiger partial charge is 0.326 e. The summed E-state index contributed by atoms with van der Waals surface area (Å²) in [6, 6.07) is 3.92. The van der Waals surface area contributed by atoms with E-state index in [2.05, 4.69) is 15.9 Å². The number of anilines is 1. The number of nitro groups is 1. The number of halogens is 1. The molecular weight excluding hydrogens is 328 g/mol. The Morgan fingerprint density at radius 2 is 2.15 bits per heavy atom. The maximum Gasteiger partial charge on any atom is 0.326 e. The van der Waals surface area contributed by atoms with E-state index in [0.29, 0.717) is 23.1 Å². The van der Waals surface area contributed by atoms with Crippen molar-refractivity contribution in [1.82, 2.24) is 0 Å². The summed E-state index contributed by atoms with van der Waals surface area (Å²) in [5.41, 5.74) is 0.319. The molecule has 1 aliphatic heterocycles. The number of carboxylic acids is 1. The lowest BCUT2D eigenvalue weighted by molar-refractivity contribution is -0.384. The molecular formula is C13H15BrN2O4. The fourth-order valence-electron chi connectivity index (χ4n) is 2.53. The lowest BCUT2D eigenvalue weighted by Crippen LogP contribution is -2.41. The van der Waals surface area contributed by atoms with E-state index in [1.165, 1.54) is 6.07 Å². The van der Waals surface area contributed by atoms with Gasteiger partial charge in [-0.05, 0) is 25.0 Å². The van der Waals surface area contributed by atoms with Gasteiger partial charge in [-0.1, -0.05) is 28.8 Å². The van der Waals surface area contributed by atoms with Crippen molar-refractivity contribution >= 4 is 33.3 Å². The van der Waals surface area contributed by atoms with E-state index < -0.39 is 16.9 Å². The summed E-state index contributed by atoms with van der Waals surface area (Å²) in [6.45, 7) is 0.522. The molecule has 1 unspecified atom stereocenters. The zero-order chi connectivity index (χ0) is 14.7. The number of hydrogen-bond donors (Lipinski definition) is 1. The second-order valence-corrected chi connectivity index (χ2v) is 5.70. The van der Waals surface area contributed by atoms with Crippen molar-refractivity contribution in [2.24, 2.45) is 0 Å². The summed E-state index contributed by atoms with van der Waals surface area (Å²) in [7, 11) is 0. The minimum Gasteiger partial charge on any atom is -0.480 e. The molecule has 1 saturated heterocycles. The lowest BCUT2D eigenvalue weighted by atomic mass is 10.1. The van der Waals surface area contributed by atoms with Crippen LogP contribution in [0.1, 0.15) is 25.7 Å². The van der Waals surface area contributed by atoms with E-state index in [9.17, 15) is 20.0 Å². The molecule has 0 aromatic heterocycles. The lowest BCUT2D eigenvalue weighted by Gasteiger charge is -2.28. The van der Waals surface area contributed by atoms with Crippen molar-refractivity contribution in [2.45, 2.75) is 31.7 Å². The first-order chi connectivity index (χ1) is 9.50. The molecule has 0 aliphatic carbocycles. The van der Waals surface area contributed by atoms with Crippen molar-refractivity contribution in [3.8, 4) is 0 Å². The van der Waals surface area contributed by atoms with Crippen molar-refractivity contribution in [1.29, 1.82) is 0 Å². The number of nitro benzene ring substituents is 1. The Hall–Kier alpha value is -1.63. The van der Waals surface area contributed by atoms with Gasteiger partial charge in [0.25, 0.3) is 5.69 Å². The van der Waals surface area contributed by atoms with Crippen LogP contribution in [0.3, 0.4) is 0 Å². The number of benzene rings is 1. The fraction of sp³-hybridized carbons (Fsp3) is 0.462. The zero-order valence-electron chi connectivity index (χ0n) is 10.8. The van der Waals surface area contributed by atoms with Crippen LogP contribution in [0.25, 0.3) is 0 Å². The standard InChI is InChI=1S/C13H15BrN2O4/c14-9-5-6-10(16(19)20)12(8-9)15-7-3-1-2-4-11(15)13(17)18/h5-6,8,11H,1-4,7H2,(H,17,18). The normalized spacial score (nSPS) is 19.4. The molecule has 1 atom stereocenters. The monoisotopic (exact) mass is 342 g/mol. The second kappa shape index (κ2) is 6.21. The molecule has 0 spiro atoms. The maximum absolute atomic E-state index is 11.4. The Balaban J connectivity index is 2.47. The zero-order valence-corrected chi connectivity index (χ0v) is 12.4. The van der Waals surface area contributed by atoms with E-state index in [1.807, 2.05) is 0 Å². The number of carbonyl (C=O) groups is 1. The van der Waals surface area contributed by atoms with Gasteiger partial charge in [0, 0.05) is 17.1 Å². The van der Waals surface area contributed by atoms with Crippen LogP contribution in [-0.2, 0) is 4.79 Å². The van der Waals surface area contributed by atoms with Crippen molar-refractivity contribution in [3.63, 3.8) is 0 Å². The van der Waals surface area contributed by atoms with Crippen LogP contribution in [-0.4, -0.2) is 28.6 Å². The number of aliphatic carboxylic acids is 1. The van der Waals surface area contributed by atoms with Crippen LogP contribution in [0.5, 0.6) is 0 Å². The van der Waals surface area contributed by atoms with Crippen molar-refractivity contribution in [2.75, 3.05) is 11.4 Å². The Labute approximate surface area is 124 Å². The average molecular weight is 343 g/mol. The highest BCUT2D eigenvalue weighted by Gasteiger charge is 2.31. The summed E-state index contributed by atoms with van der Waals surface area (Å²) < 4.78 is 0.700. The third-order valence-electron chi connectivity index (χ3n) is 3.48. The van der Waals surface area contributed by atoms with Gasteiger partial charge < -0.3 is 10.0 Å². The van der Waals surface area contributed by atoms with Crippen LogP contribution in [0.4, 0.5) is 11.4 Å². The predicted molar refractivity (Wildman–Crippen MR) is 78.0 cm³/mol. The third kappa shape index (κ3) is 3.09. The first-order valence-electron chi connectivity index (χ1n) is 6.44. The Bertz CT molecular complexity index is 535. The van der Waals surface area contributed by atoms with Gasteiger partial charge in [-0.15, -0.1) is 0 Å². The number of rotatable bonds is 3. The quantitative estimate of drug-likeness (QED) is 0.673. The molecule has 1 aliphatic rings. The van der Waals surface area contributed by atoms with E-state index in [0.717, 1.165) is 19.3 Å². The molecule has 108 valence electrons. The first-order valence-corrected chi connectivity index (χ1v) is 7.23. The topological polar surface area (TPSA) is 83.7 Å². The first kappa shape index (κ1) is 14.8. The van der Waals surface area contributed by atoms with Crippen molar-refractivity contribution < 1.29 is 14.8 Å². The second-order valence-electron chi connectivity index (χ2n) is 4.79. The van der Waals surface area contributed by atoms with Gasteiger partial charge in [0.15, 0.2) is 0 Å². The molecule has 1 aromatic rings. The Morgan fingerprint density at radius 3 is 2.80 bits per heavy atom. The number of carboxylic acid groups (broad SMARTS) is 1. The summed E-state index contributed by atoms with van der Waals surface area (Å²) in [5.74, 6) is -0.929. The van der Waals surface area contributed by atoms with Gasteiger partial charge in [-0.3, -0.25) is 10.1 Å². The third-order valence-corrected chi connectivity index (χ3v) is 3.97. The van der Waals surface area contributed by atoms with E-state index in [-0.39, 0.29) is 5.69 Å². The van der Waals surface area contributed by atoms with Gasteiger partial charge in [-0.2, -0.15) is 0 Å². The molecule has 1 aromatic carbocycles. The number of nitrogens with zero attached hydrogens (tertiary/aromatic N) is 2. The molecule has 0 saturated carbocycles. The summed E-state index contributed by atoms with van der Waals surface area (Å²) >= 11 is 3.29. The Kier molecular flexibility index (Phi) is 4.59. The minimum atomic E-state index is -0.929. The SMILES string of the molecule is O=C(O)C1CCCCCN1c1cc(Br)ccc1[N+](=O)[O-]. The summed E-state index contributed by atoms with van der Waals surface area (Å²) in [5, 5.41) is 20.5. The molecule has 0 radical (unpaired) electrons. The molecule has 20 heavy (non-hydrogen) atoms.